The Hall–Kier alpha value is -3.80. The van der Waals surface area contributed by atoms with Crippen LogP contribution in [-0.2, 0) is 0 Å². The Morgan fingerprint density at radius 1 is 1.00 bits per heavy atom. The molecule has 2 heterocycles. The van der Waals surface area contributed by atoms with Crippen molar-refractivity contribution >= 4 is 5.78 Å². The molecule has 0 unspecified atom stereocenters. The third kappa shape index (κ3) is 3.16. The number of carbonyl (C=O) groups excluding carboxylic acids is 1. The van der Waals surface area contributed by atoms with Crippen molar-refractivity contribution in [1.29, 1.82) is 0 Å². The Balaban J connectivity index is 1.79. The number of carbonyl (C=O) groups is 1. The fraction of sp³-hybridized carbons (Fsp3) is 0.0455. The van der Waals surface area contributed by atoms with Crippen molar-refractivity contribution in [3.8, 4) is 22.6 Å². The lowest BCUT2D eigenvalue weighted by Gasteiger charge is -2.12. The fourth-order valence-electron chi connectivity index (χ4n) is 3.06. The van der Waals surface area contributed by atoms with Crippen LogP contribution in [-0.4, -0.2) is 27.4 Å². The second kappa shape index (κ2) is 7.44. The van der Waals surface area contributed by atoms with Crippen LogP contribution in [0.2, 0.25) is 0 Å². The summed E-state index contributed by atoms with van der Waals surface area (Å²) in [6.45, 7) is 0. The van der Waals surface area contributed by atoms with E-state index in [1.54, 1.807) is 71.7 Å². The molecule has 0 radical (unpaired) electrons. The molecule has 6 heteroatoms. The highest BCUT2D eigenvalue weighted by molar-refractivity contribution is 6.05. The lowest BCUT2D eigenvalue weighted by atomic mass is 10.0. The van der Waals surface area contributed by atoms with Crippen molar-refractivity contribution in [1.82, 2.24) is 14.5 Å². The summed E-state index contributed by atoms with van der Waals surface area (Å²) in [5.41, 5.74) is 1.99. The second-order valence-electron chi connectivity index (χ2n) is 6.03. The molecular weight excluding hydrogens is 357 g/mol. The first-order chi connectivity index (χ1) is 13.7. The molecule has 5 nitrogen and oxygen atoms in total. The highest BCUT2D eigenvalue weighted by Gasteiger charge is 2.18. The van der Waals surface area contributed by atoms with E-state index in [0.717, 1.165) is 0 Å². The van der Waals surface area contributed by atoms with Crippen molar-refractivity contribution in [2.24, 2.45) is 0 Å². The smallest absolute Gasteiger partial charge is 0.247 e. The number of imidazole rings is 1. The Bertz CT molecular complexity index is 1140. The van der Waals surface area contributed by atoms with Crippen LogP contribution < -0.4 is 4.74 Å². The summed E-state index contributed by atoms with van der Waals surface area (Å²) in [6.07, 6.45) is 4.80. The summed E-state index contributed by atoms with van der Waals surface area (Å²) >= 11 is 0. The predicted octanol–water partition coefficient (Wildman–Crippen LogP) is 4.31. The SMILES string of the molecule is COc1cccc(F)c1-c1cccc(-n2ccnc2C(=O)c2ccccn2)c1. The van der Waals surface area contributed by atoms with Gasteiger partial charge in [0.25, 0.3) is 0 Å². The van der Waals surface area contributed by atoms with Gasteiger partial charge in [0.2, 0.25) is 5.78 Å². The summed E-state index contributed by atoms with van der Waals surface area (Å²) in [7, 11) is 1.50. The lowest BCUT2D eigenvalue weighted by molar-refractivity contribution is 0.102. The molecule has 0 aliphatic heterocycles. The van der Waals surface area contributed by atoms with Gasteiger partial charge >= 0.3 is 0 Å². The molecule has 4 rings (SSSR count). The van der Waals surface area contributed by atoms with E-state index in [1.165, 1.54) is 13.2 Å². The van der Waals surface area contributed by atoms with Crippen LogP contribution in [0.3, 0.4) is 0 Å². The Morgan fingerprint density at radius 3 is 2.64 bits per heavy atom. The highest BCUT2D eigenvalue weighted by atomic mass is 19.1. The van der Waals surface area contributed by atoms with E-state index in [1.807, 2.05) is 6.07 Å². The van der Waals surface area contributed by atoms with E-state index in [-0.39, 0.29) is 17.4 Å². The Kier molecular flexibility index (Phi) is 4.68. The van der Waals surface area contributed by atoms with Crippen LogP contribution in [0.1, 0.15) is 16.3 Å². The Labute approximate surface area is 161 Å². The van der Waals surface area contributed by atoms with Gasteiger partial charge in [0.15, 0.2) is 5.82 Å². The number of nitrogens with zero attached hydrogens (tertiary/aromatic N) is 3. The Morgan fingerprint density at radius 2 is 1.86 bits per heavy atom. The first-order valence-corrected chi connectivity index (χ1v) is 8.61. The fourth-order valence-corrected chi connectivity index (χ4v) is 3.06. The molecule has 0 spiro atoms. The molecule has 0 amide bonds. The molecule has 2 aromatic heterocycles. The van der Waals surface area contributed by atoms with Gasteiger partial charge in [-0.2, -0.15) is 0 Å². The van der Waals surface area contributed by atoms with Gasteiger partial charge in [-0.05, 0) is 42.0 Å². The number of hydrogen-bond acceptors (Lipinski definition) is 4. The topological polar surface area (TPSA) is 57.0 Å². The van der Waals surface area contributed by atoms with E-state index in [2.05, 4.69) is 9.97 Å². The van der Waals surface area contributed by atoms with Crippen molar-refractivity contribution in [3.63, 3.8) is 0 Å². The zero-order chi connectivity index (χ0) is 19.5. The van der Waals surface area contributed by atoms with Crippen LogP contribution in [0.25, 0.3) is 16.8 Å². The molecule has 2 aromatic carbocycles. The van der Waals surface area contributed by atoms with Gasteiger partial charge in [0, 0.05) is 24.3 Å². The first kappa shape index (κ1) is 17.6. The van der Waals surface area contributed by atoms with Crippen molar-refractivity contribution < 1.29 is 13.9 Å². The molecule has 4 aromatic rings. The maximum atomic E-state index is 14.5. The lowest BCUT2D eigenvalue weighted by Crippen LogP contribution is -2.11. The minimum atomic E-state index is -0.382. The number of ether oxygens (including phenoxy) is 1. The molecule has 138 valence electrons. The number of aromatic nitrogens is 3. The van der Waals surface area contributed by atoms with Gasteiger partial charge in [-0.15, -0.1) is 0 Å². The number of methoxy groups -OCH3 is 1. The number of rotatable bonds is 5. The van der Waals surface area contributed by atoms with Gasteiger partial charge in [-0.1, -0.05) is 24.3 Å². The van der Waals surface area contributed by atoms with Crippen molar-refractivity contribution in [2.75, 3.05) is 7.11 Å². The molecule has 0 fully saturated rings. The largest absolute Gasteiger partial charge is 0.496 e. The summed E-state index contributed by atoms with van der Waals surface area (Å²) in [4.78, 5) is 21.1. The van der Waals surface area contributed by atoms with Gasteiger partial charge in [0.05, 0.1) is 12.7 Å². The van der Waals surface area contributed by atoms with Gasteiger partial charge in [0.1, 0.15) is 17.3 Å². The molecule has 0 N–H and O–H groups in total. The number of pyridine rings is 1. The van der Waals surface area contributed by atoms with E-state index in [0.29, 0.717) is 28.3 Å². The minimum Gasteiger partial charge on any atom is -0.496 e. The van der Waals surface area contributed by atoms with Crippen LogP contribution in [0, 0.1) is 5.82 Å². The highest BCUT2D eigenvalue weighted by Crippen LogP contribution is 2.33. The van der Waals surface area contributed by atoms with Gasteiger partial charge in [-0.3, -0.25) is 14.3 Å². The van der Waals surface area contributed by atoms with Gasteiger partial charge in [-0.25, -0.2) is 9.37 Å². The monoisotopic (exact) mass is 373 g/mol. The molecule has 0 atom stereocenters. The predicted molar refractivity (Wildman–Crippen MR) is 103 cm³/mol. The standard InChI is InChI=1S/C22H16FN3O2/c1-28-19-10-5-8-17(23)20(19)15-6-4-7-16(14-15)26-13-12-25-22(26)21(27)18-9-2-3-11-24-18/h2-14H,1H3. The molecule has 28 heavy (non-hydrogen) atoms. The number of ketones is 1. The van der Waals surface area contributed by atoms with E-state index in [9.17, 15) is 9.18 Å². The number of halogens is 1. The zero-order valence-electron chi connectivity index (χ0n) is 15.0. The first-order valence-electron chi connectivity index (χ1n) is 8.61. The maximum Gasteiger partial charge on any atom is 0.247 e. The molecule has 0 bridgehead atoms. The third-order valence-corrected chi connectivity index (χ3v) is 4.35. The summed E-state index contributed by atoms with van der Waals surface area (Å²) in [5.74, 6) is -0.00435. The van der Waals surface area contributed by atoms with Crippen LogP contribution in [0.15, 0.2) is 79.3 Å². The zero-order valence-corrected chi connectivity index (χ0v) is 15.0. The quantitative estimate of drug-likeness (QED) is 0.489. The van der Waals surface area contributed by atoms with E-state index in [4.69, 9.17) is 4.74 Å². The average molecular weight is 373 g/mol. The van der Waals surface area contributed by atoms with Crippen LogP contribution in [0.4, 0.5) is 4.39 Å². The van der Waals surface area contributed by atoms with Crippen molar-refractivity contribution in [2.45, 2.75) is 0 Å². The second-order valence-corrected chi connectivity index (χ2v) is 6.03. The molecule has 0 saturated heterocycles. The normalized spacial score (nSPS) is 10.6. The maximum absolute atomic E-state index is 14.5. The van der Waals surface area contributed by atoms with Crippen molar-refractivity contribution in [3.05, 3.63) is 96.6 Å². The van der Waals surface area contributed by atoms with Gasteiger partial charge < -0.3 is 4.74 Å². The molecular formula is C22H16FN3O2. The van der Waals surface area contributed by atoms with E-state index >= 15 is 0 Å². The minimum absolute atomic E-state index is 0.233. The number of hydrogen-bond donors (Lipinski definition) is 0. The van der Waals surface area contributed by atoms with E-state index < -0.39 is 0 Å². The third-order valence-electron chi connectivity index (χ3n) is 4.35. The molecule has 0 aliphatic carbocycles. The average Bonchev–Trinajstić information content (AvgIpc) is 3.23. The number of benzene rings is 2. The summed E-state index contributed by atoms with van der Waals surface area (Å²) in [6, 6.07) is 17.0. The molecule has 0 aliphatic rings. The van der Waals surface area contributed by atoms with Crippen LogP contribution in [0.5, 0.6) is 5.75 Å². The molecule has 0 saturated carbocycles. The van der Waals surface area contributed by atoms with Crippen LogP contribution >= 0.6 is 0 Å². The summed E-state index contributed by atoms with van der Waals surface area (Å²) in [5, 5.41) is 0. The summed E-state index contributed by atoms with van der Waals surface area (Å²) < 4.78 is 21.4.